The van der Waals surface area contributed by atoms with E-state index in [1.165, 1.54) is 51.5 Å². The van der Waals surface area contributed by atoms with Crippen LogP contribution in [0.3, 0.4) is 0 Å². The van der Waals surface area contributed by atoms with Gasteiger partial charge < -0.3 is 74.0 Å². The number of fused-ring (bicyclic) bond motifs is 1. The number of phenols is 2. The Kier molecular flexibility index (Phi) is 9.71. The van der Waals surface area contributed by atoms with Crippen molar-refractivity contribution < 1.29 is 78.8 Å². The molecule has 0 saturated carbocycles. The maximum Gasteiger partial charge on any atom is 0.203 e. The molecule has 16 heteroatoms. The summed E-state index contributed by atoms with van der Waals surface area (Å²) in [6, 6.07) is 6.75. The zero-order valence-corrected chi connectivity index (χ0v) is 24.4. The van der Waals surface area contributed by atoms with Crippen LogP contribution in [0.1, 0.15) is 28.9 Å². The molecule has 248 valence electrons. The van der Waals surface area contributed by atoms with Crippen molar-refractivity contribution in [3.05, 3.63) is 41.5 Å². The third-order valence-electron chi connectivity index (χ3n) is 8.04. The summed E-state index contributed by atoms with van der Waals surface area (Å²) in [7, 11) is 2.70. The van der Waals surface area contributed by atoms with Crippen molar-refractivity contribution in [2.75, 3.05) is 20.8 Å². The molecule has 0 spiro atoms. The van der Waals surface area contributed by atoms with Crippen molar-refractivity contribution >= 4 is 5.78 Å². The molecule has 0 bridgehead atoms. The van der Waals surface area contributed by atoms with Crippen LogP contribution in [0.25, 0.3) is 0 Å². The molecule has 8 N–H and O–H groups in total. The molecule has 0 aliphatic carbocycles. The van der Waals surface area contributed by atoms with E-state index in [2.05, 4.69) is 0 Å². The fraction of sp³-hybridized carbons (Fsp3) is 0.552. The van der Waals surface area contributed by atoms with Gasteiger partial charge in [-0.3, -0.25) is 4.79 Å². The van der Waals surface area contributed by atoms with Gasteiger partial charge in [-0.15, -0.1) is 0 Å². The first-order chi connectivity index (χ1) is 21.4. The van der Waals surface area contributed by atoms with Crippen LogP contribution in [-0.4, -0.2) is 135 Å². The van der Waals surface area contributed by atoms with E-state index in [-0.39, 0.29) is 34.1 Å². The smallest absolute Gasteiger partial charge is 0.203 e. The fourth-order valence-corrected chi connectivity index (χ4v) is 5.42. The average molecular weight is 641 g/mol. The predicted octanol–water partition coefficient (Wildman–Crippen LogP) is -1.53. The number of carbonyl (C=O) groups excluding carboxylic acids is 1. The number of aliphatic hydroxyl groups is 6. The Labute approximate surface area is 256 Å². The summed E-state index contributed by atoms with van der Waals surface area (Å²) < 4.78 is 38.8. The van der Waals surface area contributed by atoms with E-state index in [0.717, 1.165) is 0 Å². The minimum Gasteiger partial charge on any atom is -0.507 e. The number of Topliss-reactive ketones (excluding diaryl/α,β-unsaturated/α-hetero) is 1. The molecule has 5 rings (SSSR count). The van der Waals surface area contributed by atoms with Gasteiger partial charge in [0.15, 0.2) is 36.3 Å². The summed E-state index contributed by atoms with van der Waals surface area (Å²) in [6.07, 6.45) is -18.7. The lowest BCUT2D eigenvalue weighted by Crippen LogP contribution is -2.62. The van der Waals surface area contributed by atoms with Crippen LogP contribution in [0.5, 0.6) is 28.7 Å². The lowest BCUT2D eigenvalue weighted by Gasteiger charge is -2.44. The van der Waals surface area contributed by atoms with E-state index in [9.17, 15) is 45.6 Å². The number of rotatable bonds is 8. The second kappa shape index (κ2) is 13.2. The molecular weight excluding hydrogens is 604 g/mol. The van der Waals surface area contributed by atoms with E-state index in [1.54, 1.807) is 0 Å². The third kappa shape index (κ3) is 6.26. The van der Waals surface area contributed by atoms with Gasteiger partial charge in [0.05, 0.1) is 26.9 Å². The SMILES string of the molecule is COc1cc(O)c2c(c1)O[C@@H](c1ccc(OC)c(O)c1)[C@@H](O[C@@H]1O[C@H](CO[C@H]3O[C@@H](C)[C@H](O)[C@@H](O)[C@H]3O)[C@@H](O)[C@H](O)[C@H]1O)C2=O. The summed E-state index contributed by atoms with van der Waals surface area (Å²) >= 11 is 0. The van der Waals surface area contributed by atoms with Crippen LogP contribution in [0, 0.1) is 0 Å². The second-order valence-corrected chi connectivity index (χ2v) is 10.9. The fourth-order valence-electron chi connectivity index (χ4n) is 5.42. The monoisotopic (exact) mass is 640 g/mol. The molecule has 0 aromatic heterocycles. The van der Waals surface area contributed by atoms with Crippen molar-refractivity contribution in [1.82, 2.24) is 0 Å². The summed E-state index contributed by atoms with van der Waals surface area (Å²) in [5, 5.41) is 83.3. The van der Waals surface area contributed by atoms with Crippen LogP contribution in [0.15, 0.2) is 30.3 Å². The summed E-state index contributed by atoms with van der Waals surface area (Å²) in [5.41, 5.74) is -0.0393. The largest absolute Gasteiger partial charge is 0.507 e. The minimum absolute atomic E-state index is 0.0589. The van der Waals surface area contributed by atoms with E-state index in [1.807, 2.05) is 0 Å². The zero-order valence-electron chi connectivity index (χ0n) is 24.4. The number of carbonyl (C=O) groups is 1. The Morgan fingerprint density at radius 3 is 2.13 bits per heavy atom. The summed E-state index contributed by atoms with van der Waals surface area (Å²) in [5.74, 6) is -1.32. The molecule has 16 nitrogen and oxygen atoms in total. The van der Waals surface area contributed by atoms with Crippen LogP contribution < -0.4 is 14.2 Å². The quantitative estimate of drug-likeness (QED) is 0.163. The number of phenolic OH excluding ortho intramolecular Hbond substituents is 2. The maximum atomic E-state index is 13.8. The maximum absolute atomic E-state index is 13.8. The van der Waals surface area contributed by atoms with Crippen molar-refractivity contribution in [2.45, 2.75) is 80.5 Å². The molecular formula is C29H36O16. The molecule has 0 amide bonds. The van der Waals surface area contributed by atoms with Crippen molar-refractivity contribution in [3.8, 4) is 28.7 Å². The standard InChI is InChI=1S/C29H36O16/c1-10-19(32)22(35)24(37)28(42-10)41-9-17-20(33)23(36)25(38)29(44-17)45-27-21(34)18-14(31)7-12(39-2)8-16(18)43-26(27)11-4-5-15(40-3)13(30)6-11/h4-8,10,17,19-20,22-33,35-38H,9H2,1-3H3/t10-,17+,19-,20+,22+,23-,24+,25+,26-,27-,28-,29-/m0/s1. The Bertz CT molecular complexity index is 1370. The highest BCUT2D eigenvalue weighted by molar-refractivity contribution is 6.05. The number of hydrogen-bond donors (Lipinski definition) is 8. The van der Waals surface area contributed by atoms with Gasteiger partial charge in [0.2, 0.25) is 5.78 Å². The van der Waals surface area contributed by atoms with Gasteiger partial charge in [-0.25, -0.2) is 0 Å². The average Bonchev–Trinajstić information content (AvgIpc) is 3.02. The van der Waals surface area contributed by atoms with Gasteiger partial charge in [0, 0.05) is 12.1 Å². The van der Waals surface area contributed by atoms with Crippen molar-refractivity contribution in [3.63, 3.8) is 0 Å². The first-order valence-corrected chi connectivity index (χ1v) is 14.0. The van der Waals surface area contributed by atoms with Crippen LogP contribution >= 0.6 is 0 Å². The van der Waals surface area contributed by atoms with Gasteiger partial charge in [-0.2, -0.15) is 0 Å². The van der Waals surface area contributed by atoms with Crippen LogP contribution in [0.4, 0.5) is 0 Å². The topological polar surface area (TPSA) is 244 Å². The molecule has 12 atom stereocenters. The Morgan fingerprint density at radius 2 is 1.47 bits per heavy atom. The number of aliphatic hydroxyl groups excluding tert-OH is 6. The van der Waals surface area contributed by atoms with Crippen molar-refractivity contribution in [2.24, 2.45) is 0 Å². The third-order valence-corrected chi connectivity index (χ3v) is 8.04. The zero-order chi connectivity index (χ0) is 32.7. The van der Waals surface area contributed by atoms with Gasteiger partial charge in [-0.05, 0) is 24.6 Å². The number of benzene rings is 2. The molecule has 2 aromatic rings. The van der Waals surface area contributed by atoms with Gasteiger partial charge in [-0.1, -0.05) is 6.07 Å². The molecule has 3 aliphatic rings. The minimum atomic E-state index is -1.90. The highest BCUT2D eigenvalue weighted by atomic mass is 16.7. The predicted molar refractivity (Wildman–Crippen MR) is 147 cm³/mol. The van der Waals surface area contributed by atoms with Crippen LogP contribution in [0.2, 0.25) is 0 Å². The molecule has 3 aliphatic heterocycles. The Hall–Kier alpha value is -3.29. The Morgan fingerprint density at radius 1 is 0.778 bits per heavy atom. The summed E-state index contributed by atoms with van der Waals surface area (Å²) in [6.45, 7) is 0.886. The molecule has 0 radical (unpaired) electrons. The highest BCUT2D eigenvalue weighted by Crippen LogP contribution is 2.45. The van der Waals surface area contributed by atoms with E-state index in [4.69, 9.17) is 33.2 Å². The molecule has 0 unspecified atom stereocenters. The number of ether oxygens (including phenoxy) is 7. The van der Waals surface area contributed by atoms with Crippen LogP contribution in [-0.2, 0) is 18.9 Å². The van der Waals surface area contributed by atoms with Gasteiger partial charge in [0.25, 0.3) is 0 Å². The molecule has 3 heterocycles. The van der Waals surface area contributed by atoms with E-state index in [0.29, 0.717) is 0 Å². The van der Waals surface area contributed by atoms with Gasteiger partial charge >= 0.3 is 0 Å². The second-order valence-electron chi connectivity index (χ2n) is 10.9. The van der Waals surface area contributed by atoms with E-state index >= 15 is 0 Å². The van der Waals surface area contributed by atoms with Crippen molar-refractivity contribution in [1.29, 1.82) is 0 Å². The number of aromatic hydroxyl groups is 2. The van der Waals surface area contributed by atoms with E-state index < -0.39 is 91.8 Å². The lowest BCUT2D eigenvalue weighted by molar-refractivity contribution is -0.333. The Balaban J connectivity index is 1.41. The molecule has 2 fully saturated rings. The first-order valence-electron chi connectivity index (χ1n) is 14.0. The molecule has 2 saturated heterocycles. The number of hydrogen-bond acceptors (Lipinski definition) is 16. The number of methoxy groups -OCH3 is 2. The lowest BCUT2D eigenvalue weighted by atomic mass is 9.92. The number of ketones is 1. The summed E-state index contributed by atoms with van der Waals surface area (Å²) in [4.78, 5) is 13.8. The highest BCUT2D eigenvalue weighted by Gasteiger charge is 2.50. The molecule has 2 aromatic carbocycles. The van der Waals surface area contributed by atoms with Gasteiger partial charge in [0.1, 0.15) is 65.5 Å². The normalized spacial score (nSPS) is 36.6. The first kappa shape index (κ1) is 33.1. The molecule has 45 heavy (non-hydrogen) atoms.